The highest BCUT2D eigenvalue weighted by molar-refractivity contribution is 7.92. The lowest BCUT2D eigenvalue weighted by Gasteiger charge is -2.31. The van der Waals surface area contributed by atoms with Crippen molar-refractivity contribution in [3.63, 3.8) is 0 Å². The van der Waals surface area contributed by atoms with Gasteiger partial charge in [-0.3, -0.25) is 13.9 Å². The van der Waals surface area contributed by atoms with E-state index in [1.54, 1.807) is 31.2 Å². The summed E-state index contributed by atoms with van der Waals surface area (Å²) >= 11 is 12.2. The number of anilines is 1. The fourth-order valence-electron chi connectivity index (χ4n) is 3.22. The fraction of sp³-hybridized carbons (Fsp3) is 0.391. The van der Waals surface area contributed by atoms with Crippen LogP contribution < -0.4 is 14.4 Å². The van der Waals surface area contributed by atoms with E-state index >= 15 is 0 Å². The molecule has 0 fully saturated rings. The second-order valence-corrected chi connectivity index (χ2v) is 10.5. The predicted molar refractivity (Wildman–Crippen MR) is 135 cm³/mol. The third kappa shape index (κ3) is 7.51. The lowest BCUT2D eigenvalue weighted by atomic mass is 10.1. The molecule has 0 saturated carbocycles. The number of carbonyl (C=O) groups excluding carboxylic acids is 2. The van der Waals surface area contributed by atoms with E-state index in [0.717, 1.165) is 22.5 Å². The average Bonchev–Trinajstić information content (AvgIpc) is 2.78. The molecule has 34 heavy (non-hydrogen) atoms. The molecule has 0 unspecified atom stereocenters. The van der Waals surface area contributed by atoms with Gasteiger partial charge in [-0.1, -0.05) is 42.3 Å². The predicted octanol–water partition coefficient (Wildman–Crippen LogP) is 3.71. The quantitative estimate of drug-likeness (QED) is 0.478. The summed E-state index contributed by atoms with van der Waals surface area (Å²) in [5, 5.41) is 3.19. The van der Waals surface area contributed by atoms with Crippen molar-refractivity contribution in [1.82, 2.24) is 10.2 Å². The topological polar surface area (TPSA) is 96.0 Å². The van der Waals surface area contributed by atoms with Gasteiger partial charge in [0.05, 0.1) is 24.1 Å². The van der Waals surface area contributed by atoms with Crippen LogP contribution in [0.25, 0.3) is 0 Å². The summed E-state index contributed by atoms with van der Waals surface area (Å²) in [4.78, 5) is 27.5. The summed E-state index contributed by atoms with van der Waals surface area (Å²) in [6.45, 7) is 3.51. The standard InChI is InChI=1S/C23H29Cl2N3O5S/c1-5-11-26-23(30)16(2)27(14-17-7-6-8-19(12-17)33-3)22(29)15-28(34(4,31)32)21-10-9-18(24)13-20(21)25/h6-10,12-13,16H,5,11,14-15H2,1-4H3,(H,26,30)/t16-/m0/s1. The van der Waals surface area contributed by atoms with Gasteiger partial charge < -0.3 is 15.0 Å². The number of nitrogens with zero attached hydrogens (tertiary/aromatic N) is 2. The van der Waals surface area contributed by atoms with Gasteiger partial charge in [0.2, 0.25) is 21.8 Å². The highest BCUT2D eigenvalue weighted by Crippen LogP contribution is 2.30. The zero-order valence-corrected chi connectivity index (χ0v) is 21.9. The van der Waals surface area contributed by atoms with Gasteiger partial charge in [-0.2, -0.15) is 0 Å². The molecule has 1 atom stereocenters. The molecular formula is C23H29Cl2N3O5S. The SMILES string of the molecule is CCCNC(=O)[C@H](C)N(Cc1cccc(OC)c1)C(=O)CN(c1ccc(Cl)cc1Cl)S(C)(=O)=O. The second kappa shape index (κ2) is 12.3. The lowest BCUT2D eigenvalue weighted by molar-refractivity contribution is -0.139. The number of benzene rings is 2. The Bertz CT molecular complexity index is 1130. The van der Waals surface area contributed by atoms with Crippen molar-refractivity contribution in [3.8, 4) is 5.75 Å². The number of nitrogens with one attached hydrogen (secondary N) is 1. The minimum atomic E-state index is -3.89. The molecule has 0 bridgehead atoms. The highest BCUT2D eigenvalue weighted by Gasteiger charge is 2.30. The number of hydrogen-bond acceptors (Lipinski definition) is 5. The van der Waals surface area contributed by atoms with Crippen molar-refractivity contribution in [2.75, 3.05) is 30.8 Å². The number of amides is 2. The summed E-state index contributed by atoms with van der Waals surface area (Å²) in [6.07, 6.45) is 1.72. The largest absolute Gasteiger partial charge is 0.497 e. The maximum absolute atomic E-state index is 13.5. The summed E-state index contributed by atoms with van der Waals surface area (Å²) < 4.78 is 31.3. The van der Waals surface area contributed by atoms with Gasteiger partial charge in [-0.05, 0) is 49.2 Å². The number of rotatable bonds is 11. The third-order valence-electron chi connectivity index (χ3n) is 5.06. The zero-order chi connectivity index (χ0) is 25.5. The van der Waals surface area contributed by atoms with Crippen LogP contribution in [0.2, 0.25) is 10.0 Å². The molecule has 0 saturated heterocycles. The molecule has 0 aliphatic heterocycles. The Kier molecular flexibility index (Phi) is 10.0. The summed E-state index contributed by atoms with van der Waals surface area (Å²) in [5.74, 6) is -0.314. The van der Waals surface area contributed by atoms with E-state index in [9.17, 15) is 18.0 Å². The van der Waals surface area contributed by atoms with Crippen LogP contribution in [0.4, 0.5) is 5.69 Å². The molecule has 11 heteroatoms. The maximum Gasteiger partial charge on any atom is 0.244 e. The summed E-state index contributed by atoms with van der Waals surface area (Å²) in [6, 6.07) is 10.5. The second-order valence-electron chi connectivity index (χ2n) is 7.71. The van der Waals surface area contributed by atoms with Crippen LogP contribution in [0.1, 0.15) is 25.8 Å². The van der Waals surface area contributed by atoms with Crippen LogP contribution in [0.3, 0.4) is 0 Å². The van der Waals surface area contributed by atoms with Gasteiger partial charge in [0, 0.05) is 18.1 Å². The van der Waals surface area contributed by atoms with Crippen LogP contribution in [0.15, 0.2) is 42.5 Å². The van der Waals surface area contributed by atoms with E-state index in [4.69, 9.17) is 27.9 Å². The summed E-state index contributed by atoms with van der Waals surface area (Å²) in [5.41, 5.74) is 0.838. The van der Waals surface area contributed by atoms with Crippen molar-refractivity contribution in [2.24, 2.45) is 0 Å². The van der Waals surface area contributed by atoms with E-state index in [-0.39, 0.29) is 23.2 Å². The van der Waals surface area contributed by atoms with Crippen molar-refractivity contribution in [1.29, 1.82) is 0 Å². The minimum absolute atomic E-state index is 0.0721. The molecule has 1 N–H and O–H groups in total. The normalized spacial score (nSPS) is 12.1. The Morgan fingerprint density at radius 3 is 2.44 bits per heavy atom. The average molecular weight is 530 g/mol. The molecule has 2 aromatic carbocycles. The minimum Gasteiger partial charge on any atom is -0.497 e. The van der Waals surface area contributed by atoms with Crippen molar-refractivity contribution in [2.45, 2.75) is 32.9 Å². The molecule has 2 aromatic rings. The van der Waals surface area contributed by atoms with E-state index in [2.05, 4.69) is 5.32 Å². The van der Waals surface area contributed by atoms with Crippen LogP contribution in [-0.2, 0) is 26.2 Å². The Labute approximate surface area is 210 Å². The van der Waals surface area contributed by atoms with Crippen molar-refractivity contribution >= 4 is 50.7 Å². The molecule has 8 nitrogen and oxygen atoms in total. The van der Waals surface area contributed by atoms with Crippen molar-refractivity contribution in [3.05, 3.63) is 58.1 Å². The Morgan fingerprint density at radius 2 is 1.85 bits per heavy atom. The maximum atomic E-state index is 13.5. The first-order valence-corrected chi connectivity index (χ1v) is 13.2. The van der Waals surface area contributed by atoms with Crippen molar-refractivity contribution < 1.29 is 22.7 Å². The van der Waals surface area contributed by atoms with Gasteiger partial charge in [-0.25, -0.2) is 8.42 Å². The van der Waals surface area contributed by atoms with E-state index in [0.29, 0.717) is 17.3 Å². The first-order valence-electron chi connectivity index (χ1n) is 10.6. The number of halogens is 2. The smallest absolute Gasteiger partial charge is 0.244 e. The monoisotopic (exact) mass is 529 g/mol. The Hall–Kier alpha value is -2.49. The zero-order valence-electron chi connectivity index (χ0n) is 19.5. The number of sulfonamides is 1. The van der Waals surface area contributed by atoms with E-state index in [1.807, 2.05) is 6.92 Å². The van der Waals surface area contributed by atoms with E-state index < -0.39 is 28.5 Å². The van der Waals surface area contributed by atoms with Gasteiger partial charge in [0.25, 0.3) is 0 Å². The number of methoxy groups -OCH3 is 1. The Morgan fingerprint density at radius 1 is 1.15 bits per heavy atom. The summed E-state index contributed by atoms with van der Waals surface area (Å²) in [7, 11) is -2.36. The molecule has 0 aromatic heterocycles. The van der Waals surface area contributed by atoms with Gasteiger partial charge >= 0.3 is 0 Å². The third-order valence-corrected chi connectivity index (χ3v) is 6.73. The Balaban J connectivity index is 2.42. The van der Waals surface area contributed by atoms with Crippen LogP contribution in [0.5, 0.6) is 5.75 Å². The first-order chi connectivity index (χ1) is 16.0. The molecule has 186 valence electrons. The van der Waals surface area contributed by atoms with Gasteiger partial charge in [0.1, 0.15) is 18.3 Å². The number of carbonyl (C=O) groups is 2. The molecule has 2 amide bonds. The van der Waals surface area contributed by atoms with Gasteiger partial charge in [0.15, 0.2) is 0 Å². The molecule has 0 aliphatic carbocycles. The van der Waals surface area contributed by atoms with Crippen LogP contribution in [-0.4, -0.2) is 57.6 Å². The number of ether oxygens (including phenoxy) is 1. The molecule has 0 aliphatic rings. The number of hydrogen-bond donors (Lipinski definition) is 1. The van der Waals surface area contributed by atoms with Crippen LogP contribution >= 0.6 is 23.2 Å². The fourth-order valence-corrected chi connectivity index (χ4v) is 4.65. The molecule has 0 heterocycles. The highest BCUT2D eigenvalue weighted by atomic mass is 35.5. The molecule has 0 radical (unpaired) electrons. The van der Waals surface area contributed by atoms with E-state index in [1.165, 1.54) is 30.2 Å². The first kappa shape index (κ1) is 27.8. The van der Waals surface area contributed by atoms with Gasteiger partial charge in [-0.15, -0.1) is 0 Å². The molecule has 0 spiro atoms. The molecule has 2 rings (SSSR count). The van der Waals surface area contributed by atoms with Crippen LogP contribution in [0, 0.1) is 0 Å². The molecular weight excluding hydrogens is 501 g/mol. The lowest BCUT2D eigenvalue weighted by Crippen LogP contribution is -2.51.